The van der Waals surface area contributed by atoms with Crippen LogP contribution in [0.1, 0.15) is 44.7 Å². The highest BCUT2D eigenvalue weighted by atomic mass is 16.3. The number of aliphatic hydroxyl groups excluding tert-OH is 1. The number of anilines is 1. The molecule has 0 heterocycles. The summed E-state index contributed by atoms with van der Waals surface area (Å²) >= 11 is 0. The third-order valence-electron chi connectivity index (χ3n) is 4.09. The summed E-state index contributed by atoms with van der Waals surface area (Å²) in [5.41, 5.74) is 2.80. The molecule has 1 aromatic carbocycles. The molecule has 0 saturated carbocycles. The number of rotatable bonds is 7. The van der Waals surface area contributed by atoms with E-state index in [-0.39, 0.29) is 24.1 Å². The lowest BCUT2D eigenvalue weighted by Gasteiger charge is -2.31. The Morgan fingerprint density at radius 3 is 2.62 bits per heavy atom. The molecule has 0 radical (unpaired) electrons. The second kappa shape index (κ2) is 7.57. The zero-order valence-corrected chi connectivity index (χ0v) is 13.8. The van der Waals surface area contributed by atoms with Crippen molar-refractivity contribution in [1.29, 1.82) is 0 Å². The Morgan fingerprint density at radius 1 is 1.38 bits per heavy atom. The Hall–Kier alpha value is -1.39. The van der Waals surface area contributed by atoms with Crippen LogP contribution in [0.4, 0.5) is 5.69 Å². The second-order valence-corrected chi connectivity index (χ2v) is 6.12. The van der Waals surface area contributed by atoms with E-state index < -0.39 is 0 Å². The molecule has 0 aromatic heterocycles. The first-order chi connectivity index (χ1) is 9.81. The van der Waals surface area contributed by atoms with Gasteiger partial charge in [-0.1, -0.05) is 19.1 Å². The molecule has 21 heavy (non-hydrogen) atoms. The van der Waals surface area contributed by atoms with Crippen molar-refractivity contribution < 1.29 is 9.90 Å². The van der Waals surface area contributed by atoms with Gasteiger partial charge >= 0.3 is 0 Å². The standard InChI is InChI=1S/C17H28N2O2/c1-6-17(5,11-20)19-13(3)10-16(21)18-15-9-7-8-12(2)14(15)4/h7-9,13,19-20H,6,10-11H2,1-5H3,(H,18,21). The SMILES string of the molecule is CCC(C)(CO)NC(C)CC(=O)Nc1cccc(C)c1C. The highest BCUT2D eigenvalue weighted by Gasteiger charge is 2.23. The Bertz CT molecular complexity index is 482. The minimum absolute atomic E-state index is 0.00668. The molecular formula is C17H28N2O2. The van der Waals surface area contributed by atoms with Crippen LogP contribution >= 0.6 is 0 Å². The summed E-state index contributed by atoms with van der Waals surface area (Å²) in [6.07, 6.45) is 1.19. The van der Waals surface area contributed by atoms with Gasteiger partial charge in [0.2, 0.25) is 5.91 Å². The summed E-state index contributed by atoms with van der Waals surface area (Å²) in [7, 11) is 0. The largest absolute Gasteiger partial charge is 0.394 e. The minimum atomic E-state index is -0.334. The van der Waals surface area contributed by atoms with E-state index in [1.165, 1.54) is 0 Å². The van der Waals surface area contributed by atoms with Gasteiger partial charge in [-0.2, -0.15) is 0 Å². The number of carbonyl (C=O) groups is 1. The van der Waals surface area contributed by atoms with Crippen molar-refractivity contribution in [3.8, 4) is 0 Å². The van der Waals surface area contributed by atoms with Crippen LogP contribution < -0.4 is 10.6 Å². The molecule has 2 unspecified atom stereocenters. The normalized spacial score (nSPS) is 15.3. The molecule has 4 heteroatoms. The van der Waals surface area contributed by atoms with Crippen molar-refractivity contribution in [2.24, 2.45) is 0 Å². The zero-order valence-electron chi connectivity index (χ0n) is 13.8. The van der Waals surface area contributed by atoms with Crippen molar-refractivity contribution in [3.05, 3.63) is 29.3 Å². The number of aliphatic hydroxyl groups is 1. The lowest BCUT2D eigenvalue weighted by molar-refractivity contribution is -0.116. The second-order valence-electron chi connectivity index (χ2n) is 6.12. The van der Waals surface area contributed by atoms with E-state index in [4.69, 9.17) is 0 Å². The van der Waals surface area contributed by atoms with Crippen LogP contribution in [0.25, 0.3) is 0 Å². The summed E-state index contributed by atoms with van der Waals surface area (Å²) in [4.78, 5) is 12.1. The third-order valence-corrected chi connectivity index (χ3v) is 4.09. The summed E-state index contributed by atoms with van der Waals surface area (Å²) in [5, 5.41) is 15.7. The summed E-state index contributed by atoms with van der Waals surface area (Å²) in [5.74, 6) is -0.0138. The maximum atomic E-state index is 12.1. The van der Waals surface area contributed by atoms with Gasteiger partial charge in [0.05, 0.1) is 6.61 Å². The quantitative estimate of drug-likeness (QED) is 0.724. The van der Waals surface area contributed by atoms with E-state index in [0.717, 1.165) is 23.2 Å². The van der Waals surface area contributed by atoms with E-state index in [0.29, 0.717) is 6.42 Å². The Balaban J connectivity index is 2.59. The number of amides is 1. The molecule has 1 amide bonds. The van der Waals surface area contributed by atoms with E-state index >= 15 is 0 Å². The molecule has 118 valence electrons. The summed E-state index contributed by atoms with van der Waals surface area (Å²) < 4.78 is 0. The van der Waals surface area contributed by atoms with E-state index in [1.807, 2.05) is 52.8 Å². The topological polar surface area (TPSA) is 61.4 Å². The Labute approximate surface area is 128 Å². The average Bonchev–Trinajstić information content (AvgIpc) is 2.43. The number of hydrogen-bond donors (Lipinski definition) is 3. The summed E-state index contributed by atoms with van der Waals surface area (Å²) in [6, 6.07) is 5.90. The number of carbonyl (C=O) groups excluding carboxylic acids is 1. The van der Waals surface area contributed by atoms with Gasteiger partial charge in [0.25, 0.3) is 0 Å². The molecule has 0 bridgehead atoms. The maximum absolute atomic E-state index is 12.1. The van der Waals surface area contributed by atoms with Gasteiger partial charge in [-0.25, -0.2) is 0 Å². The number of nitrogens with one attached hydrogen (secondary N) is 2. The molecule has 1 rings (SSSR count). The van der Waals surface area contributed by atoms with Crippen molar-refractivity contribution >= 4 is 11.6 Å². The van der Waals surface area contributed by atoms with Gasteiger partial charge in [-0.3, -0.25) is 4.79 Å². The maximum Gasteiger partial charge on any atom is 0.225 e. The molecule has 0 aliphatic carbocycles. The highest BCUT2D eigenvalue weighted by molar-refractivity contribution is 5.92. The fraction of sp³-hybridized carbons (Fsp3) is 0.588. The average molecular weight is 292 g/mol. The van der Waals surface area contributed by atoms with E-state index in [9.17, 15) is 9.90 Å². The summed E-state index contributed by atoms with van der Waals surface area (Å²) in [6.45, 7) is 10.0. The first kappa shape index (κ1) is 17.7. The lowest BCUT2D eigenvalue weighted by atomic mass is 9.98. The molecule has 4 nitrogen and oxygen atoms in total. The van der Waals surface area contributed by atoms with Crippen molar-refractivity contribution in [1.82, 2.24) is 5.32 Å². The van der Waals surface area contributed by atoms with Gasteiger partial charge in [0.1, 0.15) is 0 Å². The van der Waals surface area contributed by atoms with Crippen LogP contribution in [-0.4, -0.2) is 29.2 Å². The van der Waals surface area contributed by atoms with Crippen LogP contribution in [0.3, 0.4) is 0 Å². The Kier molecular flexibility index (Phi) is 6.37. The Morgan fingerprint density at radius 2 is 2.05 bits per heavy atom. The van der Waals surface area contributed by atoms with E-state index in [2.05, 4.69) is 10.6 Å². The molecule has 0 aliphatic rings. The predicted octanol–water partition coefficient (Wildman–Crippen LogP) is 2.77. The monoisotopic (exact) mass is 292 g/mol. The van der Waals surface area contributed by atoms with Crippen LogP contribution in [0, 0.1) is 13.8 Å². The van der Waals surface area contributed by atoms with Gasteiger partial charge < -0.3 is 15.7 Å². The molecule has 0 spiro atoms. The smallest absolute Gasteiger partial charge is 0.225 e. The lowest BCUT2D eigenvalue weighted by Crippen LogP contribution is -2.50. The van der Waals surface area contributed by atoms with Crippen LogP contribution in [0.2, 0.25) is 0 Å². The molecule has 0 saturated heterocycles. The van der Waals surface area contributed by atoms with Gasteiger partial charge in [0.15, 0.2) is 0 Å². The van der Waals surface area contributed by atoms with E-state index in [1.54, 1.807) is 0 Å². The van der Waals surface area contributed by atoms with Crippen LogP contribution in [0.5, 0.6) is 0 Å². The number of hydrogen-bond acceptors (Lipinski definition) is 3. The van der Waals surface area contributed by atoms with Crippen molar-refractivity contribution in [2.75, 3.05) is 11.9 Å². The van der Waals surface area contributed by atoms with Crippen LogP contribution in [-0.2, 0) is 4.79 Å². The first-order valence-corrected chi connectivity index (χ1v) is 7.56. The van der Waals surface area contributed by atoms with Gasteiger partial charge in [-0.15, -0.1) is 0 Å². The first-order valence-electron chi connectivity index (χ1n) is 7.56. The van der Waals surface area contributed by atoms with Crippen molar-refractivity contribution in [3.63, 3.8) is 0 Å². The molecule has 0 aliphatic heterocycles. The van der Waals surface area contributed by atoms with Gasteiger partial charge in [0, 0.05) is 23.7 Å². The zero-order chi connectivity index (χ0) is 16.0. The molecule has 0 fully saturated rings. The molecule has 2 atom stereocenters. The number of benzene rings is 1. The fourth-order valence-corrected chi connectivity index (χ4v) is 2.27. The van der Waals surface area contributed by atoms with Crippen LogP contribution in [0.15, 0.2) is 18.2 Å². The van der Waals surface area contributed by atoms with Gasteiger partial charge in [-0.05, 0) is 51.3 Å². The predicted molar refractivity (Wildman–Crippen MR) is 87.5 cm³/mol. The highest BCUT2D eigenvalue weighted by Crippen LogP contribution is 2.18. The molecular weight excluding hydrogens is 264 g/mol. The molecule has 3 N–H and O–H groups in total. The third kappa shape index (κ3) is 5.14. The van der Waals surface area contributed by atoms with Crippen molar-refractivity contribution in [2.45, 2.75) is 59.0 Å². The number of aryl methyl sites for hydroxylation is 1. The minimum Gasteiger partial charge on any atom is -0.394 e. The fourth-order valence-electron chi connectivity index (χ4n) is 2.27. The molecule has 1 aromatic rings.